The number of terminal acetylenes is 2. The van der Waals surface area contributed by atoms with Gasteiger partial charge in [-0.2, -0.15) is 0 Å². The van der Waals surface area contributed by atoms with Crippen molar-refractivity contribution in [3.8, 4) is 92.1 Å². The first-order valence-corrected chi connectivity index (χ1v) is 49.9. The molecule has 0 unspecified atom stereocenters. The Hall–Kier alpha value is -4.47. The van der Waals surface area contributed by atoms with E-state index in [2.05, 4.69) is 268 Å². The van der Waals surface area contributed by atoms with Crippen molar-refractivity contribution in [2.75, 3.05) is 0 Å². The zero-order valence-electron chi connectivity index (χ0n) is 60.2. The molecular weight excluding hydrogens is 1330 g/mol. The minimum absolute atomic E-state index is 0. The maximum atomic E-state index is 6.01. The van der Waals surface area contributed by atoms with Crippen LogP contribution in [0.1, 0.15) is 259 Å². The number of unbranched alkanes of at least 4 members (excludes halogenated alkanes) is 24. The molecule has 0 aromatic heterocycles. The number of aryl methyl sites for hydroxylation is 4. The van der Waals surface area contributed by atoms with Gasteiger partial charge >= 0.3 is 0 Å². The lowest BCUT2D eigenvalue weighted by molar-refractivity contribution is 0.589. The maximum Gasteiger partial charge on any atom is 0.129 e. The summed E-state index contributed by atoms with van der Waals surface area (Å²) >= 11 is 16.9. The van der Waals surface area contributed by atoms with Crippen LogP contribution in [0.4, 0.5) is 0 Å². The smallest absolute Gasteiger partial charge is 0.127 e. The van der Waals surface area contributed by atoms with Crippen LogP contribution in [-0.4, -0.2) is 16.1 Å². The van der Waals surface area contributed by atoms with E-state index in [1.807, 2.05) is 0 Å². The van der Waals surface area contributed by atoms with Crippen LogP contribution in [-0.2, 0) is 97.1 Å². The fraction of sp³-hybridized carbons (Fsp3) is 0.494. The van der Waals surface area contributed by atoms with Crippen molar-refractivity contribution < 1.29 is 0 Å². The largest absolute Gasteiger partial charge is 0.129 e. The molecule has 0 aliphatic carbocycles. The van der Waals surface area contributed by atoms with Crippen LogP contribution in [0.15, 0.2) is 121 Å². The topological polar surface area (TPSA) is 0 Å². The highest BCUT2D eigenvalue weighted by Crippen LogP contribution is 2.35. The fourth-order valence-electron chi connectivity index (χ4n) is 11.7. The molecule has 0 N–H and O–H groups in total. The molecular formula is C87H120S7Si2. The molecule has 0 aliphatic heterocycles. The Morgan fingerprint density at radius 2 is 0.490 bits per heavy atom. The van der Waals surface area contributed by atoms with Gasteiger partial charge in [0.05, 0.1) is 0 Å². The zero-order chi connectivity index (χ0) is 69.4. The predicted molar refractivity (Wildman–Crippen MR) is 456 cm³/mol. The van der Waals surface area contributed by atoms with Crippen LogP contribution < -0.4 is 0 Å². The van der Waals surface area contributed by atoms with Crippen LogP contribution in [0.5, 0.6) is 0 Å². The summed E-state index contributed by atoms with van der Waals surface area (Å²) in [5.74, 6) is 13.2. The summed E-state index contributed by atoms with van der Waals surface area (Å²) in [7, 11) is 0.120. The lowest BCUT2D eigenvalue weighted by Gasteiger charge is -2.14. The van der Waals surface area contributed by atoms with Crippen LogP contribution >= 0.6 is 0 Å². The van der Waals surface area contributed by atoms with Crippen molar-refractivity contribution in [3.05, 3.63) is 166 Å². The Bertz CT molecular complexity index is 3230. The summed E-state index contributed by atoms with van der Waals surface area (Å²) in [4.78, 5) is 0. The van der Waals surface area contributed by atoms with Crippen molar-refractivity contribution >= 4 is 87.5 Å². The van der Waals surface area contributed by atoms with Gasteiger partial charge in [-0.25, -0.2) is 0 Å². The summed E-state index contributed by atoms with van der Waals surface area (Å²) in [6.07, 6.45) is 54.3. The SMILES string of the molecule is C.C#Cc1cc(-c2ccc(CCCCCCCCC)cc2)c(C#C)cc1-c1ccc(CCCCCCCCC)cc1.CCCCCCCCCc1ccc(-c2cc(C#C[Si](C)(C)C)c(-c3ccc(CCCCCCCCC)cc3)cc2C#C[Si](C)(C)C)cc1.S=S=S.S=S=S=S. The molecule has 0 aliphatic rings. The minimum atomic E-state index is -1.57. The monoisotopic (exact) mass is 1440 g/mol. The first kappa shape index (κ1) is 87.6. The summed E-state index contributed by atoms with van der Waals surface area (Å²) in [5, 5.41) is 0. The molecule has 0 nitrogen and oxygen atoms in total. The third-order valence-corrected chi connectivity index (χ3v) is 21.1. The second kappa shape index (κ2) is 53.4. The predicted octanol–water partition coefficient (Wildman–Crippen LogP) is 26.3. The van der Waals surface area contributed by atoms with Gasteiger partial charge in [0.1, 0.15) is 16.1 Å². The van der Waals surface area contributed by atoms with Gasteiger partial charge in [0.15, 0.2) is 0 Å². The fourth-order valence-corrected chi connectivity index (χ4v) is 12.7. The van der Waals surface area contributed by atoms with E-state index >= 15 is 0 Å². The van der Waals surface area contributed by atoms with Gasteiger partial charge in [-0.15, -0.1) is 23.9 Å². The number of hydrogen-bond donors (Lipinski definition) is 0. The molecule has 6 rings (SSSR count). The molecule has 6 aromatic rings. The third kappa shape index (κ3) is 37.6. The van der Waals surface area contributed by atoms with E-state index in [9.17, 15) is 0 Å². The highest BCUT2D eigenvalue weighted by atomic mass is 33.2. The molecule has 0 spiro atoms. The Labute approximate surface area is 619 Å². The molecule has 0 heterocycles. The maximum absolute atomic E-state index is 6.01. The Morgan fingerprint density at radius 1 is 0.302 bits per heavy atom. The lowest BCUT2D eigenvalue weighted by atomic mass is 9.90. The van der Waals surface area contributed by atoms with Gasteiger partial charge in [0, 0.05) is 93.6 Å². The molecule has 0 bridgehead atoms. The summed E-state index contributed by atoms with van der Waals surface area (Å²) in [5.41, 5.74) is 26.3. The highest BCUT2D eigenvalue weighted by Gasteiger charge is 2.17. The third-order valence-electron chi connectivity index (χ3n) is 17.1. The van der Waals surface area contributed by atoms with Crippen molar-refractivity contribution in [2.45, 2.75) is 280 Å². The van der Waals surface area contributed by atoms with Gasteiger partial charge in [-0.1, -0.05) is 349 Å². The first-order chi connectivity index (χ1) is 46.0. The van der Waals surface area contributed by atoms with Crippen molar-refractivity contribution in [1.82, 2.24) is 0 Å². The van der Waals surface area contributed by atoms with Crippen LogP contribution in [0, 0.1) is 47.6 Å². The van der Waals surface area contributed by atoms with Gasteiger partial charge in [0.2, 0.25) is 0 Å². The lowest BCUT2D eigenvalue weighted by Crippen LogP contribution is -2.16. The highest BCUT2D eigenvalue weighted by molar-refractivity contribution is 8.51. The van der Waals surface area contributed by atoms with E-state index < -0.39 is 16.1 Å². The van der Waals surface area contributed by atoms with Crippen molar-refractivity contribution in [3.63, 3.8) is 0 Å². The number of benzene rings is 6. The van der Waals surface area contributed by atoms with Gasteiger partial charge in [-0.3, -0.25) is 0 Å². The van der Waals surface area contributed by atoms with E-state index in [0.717, 1.165) is 79.1 Å². The van der Waals surface area contributed by atoms with Gasteiger partial charge < -0.3 is 0 Å². The van der Waals surface area contributed by atoms with E-state index in [1.165, 1.54) is 242 Å². The first-order valence-electron chi connectivity index (χ1n) is 36.2. The number of hydrogen-bond acceptors (Lipinski definition) is 4. The van der Waals surface area contributed by atoms with Gasteiger partial charge in [0.25, 0.3) is 0 Å². The van der Waals surface area contributed by atoms with Crippen molar-refractivity contribution in [1.29, 1.82) is 0 Å². The Kier molecular flexibility index (Phi) is 48.8. The standard InChI is InChI=1S/C46H66Si2.C40H50.CH4.S4.S3/c1-9-11-13-15-17-19-21-23-39-25-29-41(30-26-39)45-37-44(34-36-48(6,7)8)46(38-43(45)33-35-47(3,4)5)42-31-27-40(28-32-42)24-22-20-18-16-14-12-10-2;1-5-9-11-13-15-17-19-21-33-23-27-37(28-24-33)39-31-36(8-4)40(32-35(39)7-3)38-29-25-34(26-30-38)22-20-18-16-14-12-10-6-2;;1-3-4-2;1-3-2/h25-32,37-38H,9-24H2,1-8H3;3-4,23-32H,5-6,9-22H2,1-2H3;1H4;;. The molecule has 0 amide bonds. The van der Waals surface area contributed by atoms with Gasteiger partial charge in [-0.05, 0) is 142 Å². The van der Waals surface area contributed by atoms with E-state index in [-0.39, 0.29) is 7.43 Å². The Morgan fingerprint density at radius 3 is 0.677 bits per heavy atom. The molecule has 0 saturated heterocycles. The average molecular weight is 1450 g/mol. The molecule has 0 atom stereocenters. The molecule has 6 aromatic carbocycles. The summed E-state index contributed by atoms with van der Waals surface area (Å²) in [6, 6.07) is 45.3. The second-order valence-corrected chi connectivity index (χ2v) is 42.5. The van der Waals surface area contributed by atoms with E-state index in [1.54, 1.807) is 0 Å². The normalized spacial score (nSPS) is 10.6. The number of rotatable bonds is 36. The molecule has 0 radical (unpaired) electrons. The van der Waals surface area contributed by atoms with E-state index in [4.69, 9.17) is 12.8 Å². The summed E-state index contributed by atoms with van der Waals surface area (Å²) in [6.45, 7) is 23.1. The second-order valence-electron chi connectivity index (χ2n) is 27.7. The van der Waals surface area contributed by atoms with Crippen LogP contribution in [0.25, 0.3) is 44.5 Å². The van der Waals surface area contributed by atoms with Crippen LogP contribution in [0.3, 0.4) is 0 Å². The van der Waals surface area contributed by atoms with Crippen molar-refractivity contribution in [2.24, 2.45) is 0 Å². The summed E-state index contributed by atoms with van der Waals surface area (Å²) < 4.78 is 0. The van der Waals surface area contributed by atoms with E-state index in [0.29, 0.717) is 0 Å². The minimum Gasteiger partial charge on any atom is -0.127 e. The average Bonchev–Trinajstić information content (AvgIpc) is 0.801. The molecule has 0 fully saturated rings. The molecule has 9 heteroatoms. The quantitative estimate of drug-likeness (QED) is 0.0218. The molecule has 0 saturated carbocycles. The molecule has 96 heavy (non-hydrogen) atoms. The zero-order valence-corrected chi connectivity index (χ0v) is 67.9. The Balaban J connectivity index is 0.000000597. The van der Waals surface area contributed by atoms with Crippen LogP contribution in [0.2, 0.25) is 39.3 Å². The molecule has 518 valence electrons.